The first kappa shape index (κ1) is 22.4. The van der Waals surface area contributed by atoms with E-state index in [-0.39, 0.29) is 39.0 Å². The maximum atomic E-state index is 13.5. The third-order valence-corrected chi connectivity index (χ3v) is 9.78. The Balaban J connectivity index is 1.47. The van der Waals surface area contributed by atoms with Gasteiger partial charge in [0.2, 0.25) is 5.95 Å². The summed E-state index contributed by atoms with van der Waals surface area (Å²) in [4.78, 5) is 24.1. The summed E-state index contributed by atoms with van der Waals surface area (Å²) in [5.74, 6) is 0.525. The maximum Gasteiger partial charge on any atom is 0.284 e. The van der Waals surface area contributed by atoms with Crippen LogP contribution in [0.2, 0.25) is 5.02 Å². The normalized spacial score (nSPS) is 20.7. The first-order chi connectivity index (χ1) is 16.7. The molecule has 2 atom stereocenters. The van der Waals surface area contributed by atoms with Gasteiger partial charge < -0.3 is 10.6 Å². The molecule has 0 spiro atoms. The van der Waals surface area contributed by atoms with Gasteiger partial charge in [-0.15, -0.1) is 5.10 Å². The Morgan fingerprint density at radius 1 is 1.17 bits per heavy atom. The zero-order chi connectivity index (χ0) is 24.5. The zero-order valence-electron chi connectivity index (χ0n) is 18.5. The third-order valence-electron chi connectivity index (χ3n) is 6.25. The highest BCUT2D eigenvalue weighted by Crippen LogP contribution is 2.44. The van der Waals surface area contributed by atoms with Crippen molar-refractivity contribution in [3.05, 3.63) is 63.7 Å². The van der Waals surface area contributed by atoms with Gasteiger partial charge >= 0.3 is 0 Å². The van der Waals surface area contributed by atoms with E-state index in [4.69, 9.17) is 22.4 Å². The molecule has 2 aliphatic rings. The van der Waals surface area contributed by atoms with E-state index in [0.717, 1.165) is 0 Å². The van der Waals surface area contributed by atoms with Crippen molar-refractivity contribution < 1.29 is 8.42 Å². The summed E-state index contributed by atoms with van der Waals surface area (Å²) in [7, 11) is -3.49. The molecule has 35 heavy (non-hydrogen) atoms. The van der Waals surface area contributed by atoms with E-state index in [1.165, 1.54) is 20.8 Å². The Bertz CT molecular complexity index is 1650. The number of nitrogens with two attached hydrogens (primary N) is 1. The van der Waals surface area contributed by atoms with Crippen LogP contribution >= 0.6 is 23.4 Å². The fourth-order valence-electron chi connectivity index (χ4n) is 4.58. The molecule has 1 saturated heterocycles. The Kier molecular flexibility index (Phi) is 5.09. The molecule has 0 aliphatic carbocycles. The van der Waals surface area contributed by atoms with Crippen molar-refractivity contribution in [2.75, 3.05) is 22.9 Å². The van der Waals surface area contributed by atoms with E-state index in [1.54, 1.807) is 12.3 Å². The Hall–Kier alpha value is -3.09. The molecular weight excluding hydrogens is 510 g/mol. The number of aromatic nitrogens is 5. The number of nitrogens with zero attached hydrogens (tertiary/aromatic N) is 6. The second-order valence-electron chi connectivity index (χ2n) is 8.60. The van der Waals surface area contributed by atoms with Crippen LogP contribution in [0.5, 0.6) is 0 Å². The molecule has 2 N–H and O–H groups in total. The van der Waals surface area contributed by atoms with Gasteiger partial charge in [-0.2, -0.15) is 4.98 Å². The highest BCUT2D eigenvalue weighted by Gasteiger charge is 2.43. The summed E-state index contributed by atoms with van der Waals surface area (Å²) in [6, 6.07) is 10.8. The van der Waals surface area contributed by atoms with Crippen molar-refractivity contribution in [2.24, 2.45) is 5.92 Å². The van der Waals surface area contributed by atoms with Gasteiger partial charge in [0.25, 0.3) is 5.56 Å². The number of benzene rings is 1. The highest BCUT2D eigenvalue weighted by atomic mass is 35.5. The summed E-state index contributed by atoms with van der Waals surface area (Å²) in [6.45, 7) is 2.65. The molecule has 1 aromatic carbocycles. The SMILES string of the molecule is C[C@H]1CN(c2nc(N)nc3c2S(=O)(=O)CC3)C1Sc1nn2ccc(Cl)c2c(=O)n1-c1ccccc1. The standard InChI is InChI=1S/C22H20ClN7O3S2/c1-12-11-28(18-17-15(25-21(24)26-18)8-10-35(17,32)33)20(12)34-22-27-29-9-7-14(23)16(29)19(31)30(22)13-5-3-2-4-6-13/h2-7,9,12,20H,8,10-11H2,1H3,(H2,24,25,26)/t12-,20?/m0/s1. The van der Waals surface area contributed by atoms with Gasteiger partial charge in [0.1, 0.15) is 10.4 Å². The predicted octanol–water partition coefficient (Wildman–Crippen LogP) is 2.42. The molecule has 1 unspecified atom stereocenters. The van der Waals surface area contributed by atoms with Crippen LogP contribution in [-0.2, 0) is 16.3 Å². The second-order valence-corrected chi connectivity index (χ2v) is 12.1. The average Bonchev–Trinajstić information content (AvgIpc) is 3.34. The van der Waals surface area contributed by atoms with Gasteiger partial charge in [0.05, 0.1) is 27.5 Å². The summed E-state index contributed by atoms with van der Waals surface area (Å²) in [5.41, 5.74) is 7.03. The van der Waals surface area contributed by atoms with Gasteiger partial charge in [-0.1, -0.05) is 48.5 Å². The van der Waals surface area contributed by atoms with Gasteiger partial charge in [0.15, 0.2) is 20.8 Å². The van der Waals surface area contributed by atoms with Crippen LogP contribution in [0.4, 0.5) is 11.8 Å². The summed E-state index contributed by atoms with van der Waals surface area (Å²) >= 11 is 7.65. The first-order valence-electron chi connectivity index (χ1n) is 10.9. The molecular formula is C22H20ClN7O3S2. The van der Waals surface area contributed by atoms with Crippen molar-refractivity contribution in [1.82, 2.24) is 24.1 Å². The first-order valence-corrected chi connectivity index (χ1v) is 13.8. The smallest absolute Gasteiger partial charge is 0.284 e. The Morgan fingerprint density at radius 2 is 1.94 bits per heavy atom. The number of anilines is 2. The summed E-state index contributed by atoms with van der Waals surface area (Å²) < 4.78 is 28.6. The van der Waals surface area contributed by atoms with E-state index >= 15 is 0 Å². The molecule has 4 aromatic rings. The molecule has 180 valence electrons. The number of para-hydroxylation sites is 1. The van der Waals surface area contributed by atoms with Crippen LogP contribution in [0.25, 0.3) is 11.2 Å². The van der Waals surface area contributed by atoms with Crippen LogP contribution in [0.3, 0.4) is 0 Å². The molecule has 1 fully saturated rings. The van der Waals surface area contributed by atoms with Gasteiger partial charge in [-0.25, -0.2) is 17.9 Å². The molecule has 5 heterocycles. The van der Waals surface area contributed by atoms with Crippen molar-refractivity contribution in [3.8, 4) is 5.69 Å². The molecule has 0 radical (unpaired) electrons. The van der Waals surface area contributed by atoms with Gasteiger partial charge in [-0.3, -0.25) is 9.36 Å². The molecule has 0 amide bonds. The lowest BCUT2D eigenvalue weighted by Gasteiger charge is -2.47. The predicted molar refractivity (Wildman–Crippen MR) is 134 cm³/mol. The molecule has 6 rings (SSSR count). The largest absolute Gasteiger partial charge is 0.368 e. The number of thioether (sulfide) groups is 1. The number of halogens is 1. The number of fused-ring (bicyclic) bond motifs is 2. The fourth-order valence-corrected chi connectivity index (χ4v) is 7.69. The molecule has 13 heteroatoms. The number of hydrogen-bond donors (Lipinski definition) is 1. The quantitative estimate of drug-likeness (QED) is 0.423. The summed E-state index contributed by atoms with van der Waals surface area (Å²) in [5, 5.41) is 5.23. The van der Waals surface area contributed by atoms with Gasteiger partial charge in [0, 0.05) is 25.1 Å². The van der Waals surface area contributed by atoms with E-state index in [9.17, 15) is 13.2 Å². The topological polar surface area (TPSA) is 128 Å². The lowest BCUT2D eigenvalue weighted by Crippen LogP contribution is -2.54. The highest BCUT2D eigenvalue weighted by molar-refractivity contribution is 8.00. The van der Waals surface area contributed by atoms with Crippen LogP contribution in [0.15, 0.2) is 57.4 Å². The number of nitrogen functional groups attached to an aromatic ring is 1. The van der Waals surface area contributed by atoms with Crippen molar-refractivity contribution >= 4 is 50.5 Å². The monoisotopic (exact) mass is 529 g/mol. The lowest BCUT2D eigenvalue weighted by atomic mass is 10.0. The molecule has 0 bridgehead atoms. The number of hydrogen-bond acceptors (Lipinski definition) is 9. The number of aryl methyl sites for hydroxylation is 1. The Labute approximate surface area is 209 Å². The van der Waals surface area contributed by atoms with E-state index in [0.29, 0.717) is 40.3 Å². The van der Waals surface area contributed by atoms with E-state index in [1.807, 2.05) is 35.2 Å². The van der Waals surface area contributed by atoms with Crippen molar-refractivity contribution in [1.29, 1.82) is 0 Å². The third kappa shape index (κ3) is 3.50. The molecule has 3 aromatic heterocycles. The minimum Gasteiger partial charge on any atom is -0.368 e. The number of rotatable bonds is 4. The van der Waals surface area contributed by atoms with E-state index < -0.39 is 9.84 Å². The van der Waals surface area contributed by atoms with Crippen molar-refractivity contribution in [2.45, 2.75) is 28.8 Å². The number of sulfone groups is 1. The van der Waals surface area contributed by atoms with Crippen LogP contribution in [0, 0.1) is 5.92 Å². The second kappa shape index (κ2) is 7.97. The average molecular weight is 530 g/mol. The van der Waals surface area contributed by atoms with E-state index in [2.05, 4.69) is 16.9 Å². The van der Waals surface area contributed by atoms with Crippen LogP contribution in [-0.4, -0.2) is 50.2 Å². The van der Waals surface area contributed by atoms with Crippen molar-refractivity contribution in [3.63, 3.8) is 0 Å². The molecule has 2 aliphatic heterocycles. The zero-order valence-corrected chi connectivity index (χ0v) is 20.9. The lowest BCUT2D eigenvalue weighted by molar-refractivity contribution is 0.404. The molecule has 10 nitrogen and oxygen atoms in total. The minimum absolute atomic E-state index is 0.00513. The van der Waals surface area contributed by atoms with Crippen LogP contribution < -0.4 is 16.2 Å². The van der Waals surface area contributed by atoms with Crippen LogP contribution in [0.1, 0.15) is 12.6 Å². The minimum atomic E-state index is -3.49. The van der Waals surface area contributed by atoms with Gasteiger partial charge in [-0.05, 0) is 18.2 Å². The fraction of sp³-hybridized carbons (Fsp3) is 0.273. The maximum absolute atomic E-state index is 13.5. The molecule has 0 saturated carbocycles. The summed E-state index contributed by atoms with van der Waals surface area (Å²) in [6.07, 6.45) is 1.96. The Morgan fingerprint density at radius 3 is 2.69 bits per heavy atom.